The van der Waals surface area contributed by atoms with Crippen molar-refractivity contribution < 1.29 is 56.3 Å². The van der Waals surface area contributed by atoms with E-state index in [1.807, 2.05) is 6.07 Å². The molecule has 584 valence electrons. The average Bonchev–Trinajstić information content (AvgIpc) is 1.46. The Morgan fingerprint density at radius 3 is 1.12 bits per heavy atom. The van der Waals surface area contributed by atoms with E-state index in [4.69, 9.17) is 76.1 Å². The predicted octanol–water partition coefficient (Wildman–Crippen LogP) is 12.6. The minimum atomic E-state index is -1.07. The smallest absolute Gasteiger partial charge is 0.358 e. The first kappa shape index (κ1) is 81.6. The van der Waals surface area contributed by atoms with Crippen molar-refractivity contribution >= 4 is 104 Å². The second-order valence-electron chi connectivity index (χ2n) is 26.5. The molecular weight excluding hydrogens is 1540 g/mol. The van der Waals surface area contributed by atoms with Crippen LogP contribution in [0.2, 0.25) is 20.6 Å². The molecule has 4 aliphatic rings. The molecule has 0 unspecified atom stereocenters. The van der Waals surface area contributed by atoms with E-state index < -0.39 is 23.1 Å². The zero-order chi connectivity index (χ0) is 79.9. The number of nitrogens with one attached hydrogen (secondary N) is 4. The molecule has 2 spiro atoms. The van der Waals surface area contributed by atoms with Crippen molar-refractivity contribution in [2.24, 2.45) is 10.8 Å². The summed E-state index contributed by atoms with van der Waals surface area (Å²) in [5.74, 6) is 0.941. The Morgan fingerprint density at radius 2 is 0.804 bits per heavy atom. The van der Waals surface area contributed by atoms with Gasteiger partial charge in [-0.1, -0.05) is 46.4 Å². The van der Waals surface area contributed by atoms with Crippen LogP contribution < -0.4 is 31.9 Å². The number of nitrogen functional groups attached to an aromatic ring is 1. The third-order valence-corrected chi connectivity index (χ3v) is 17.1. The number of halogens is 8. The number of esters is 2. The number of aliphatic hydroxyl groups is 2. The number of benzene rings is 4. The van der Waals surface area contributed by atoms with Crippen molar-refractivity contribution in [3.8, 4) is 23.8 Å². The van der Waals surface area contributed by atoms with E-state index in [0.29, 0.717) is 57.3 Å². The van der Waals surface area contributed by atoms with Gasteiger partial charge in [0.15, 0.2) is 11.4 Å². The molecule has 0 amide bonds. The van der Waals surface area contributed by atoms with Crippen LogP contribution in [0.25, 0.3) is 23.8 Å². The molecule has 0 radical (unpaired) electrons. The Hall–Kier alpha value is -11.3. The number of carbonyl (C=O) groups excluding carboxylic acids is 2. The third kappa shape index (κ3) is 22.5. The number of nitrogens with two attached hydrogens (primary N) is 1. The van der Waals surface area contributed by atoms with Crippen LogP contribution in [-0.2, 0) is 30.1 Å². The average molecular weight is 1620 g/mol. The fourth-order valence-corrected chi connectivity index (χ4v) is 11.2. The summed E-state index contributed by atoms with van der Waals surface area (Å²) < 4.78 is 76.9. The number of hydrogen-bond acceptors (Lipinski definition) is 26. The highest BCUT2D eigenvalue weighted by molar-refractivity contribution is 6.33. The molecule has 0 saturated carbocycles. The van der Waals surface area contributed by atoms with Crippen LogP contribution in [0.1, 0.15) is 73.9 Å². The maximum Gasteiger partial charge on any atom is 0.358 e. The van der Waals surface area contributed by atoms with Gasteiger partial charge in [0.1, 0.15) is 78.4 Å². The lowest BCUT2D eigenvalue weighted by Gasteiger charge is -2.55. The van der Waals surface area contributed by atoms with E-state index in [1.165, 1.54) is 124 Å². The highest BCUT2D eigenvalue weighted by Crippen LogP contribution is 2.40. The normalized spacial score (nSPS) is 14.0. The first-order valence-electron chi connectivity index (χ1n) is 34.4. The Bertz CT molecular complexity index is 5110. The molecule has 4 aromatic carbocycles. The third-order valence-electron chi connectivity index (χ3n) is 16.3. The summed E-state index contributed by atoms with van der Waals surface area (Å²) >= 11 is 23.6. The van der Waals surface area contributed by atoms with E-state index >= 15 is 0 Å². The first-order valence-corrected chi connectivity index (χ1v) is 35.9. The zero-order valence-electron chi connectivity index (χ0n) is 60.8. The van der Waals surface area contributed by atoms with Crippen LogP contribution in [-0.4, -0.2) is 167 Å². The molecule has 38 heteroatoms. The van der Waals surface area contributed by atoms with Gasteiger partial charge in [-0.25, -0.2) is 45.9 Å². The van der Waals surface area contributed by atoms with Crippen LogP contribution in [0.4, 0.5) is 63.6 Å². The van der Waals surface area contributed by atoms with E-state index in [-0.39, 0.29) is 91.7 Å². The molecule has 4 fully saturated rings. The number of anilines is 8. The van der Waals surface area contributed by atoms with E-state index in [9.17, 15) is 37.4 Å². The van der Waals surface area contributed by atoms with Gasteiger partial charge in [0, 0.05) is 103 Å². The lowest BCUT2D eigenvalue weighted by Crippen LogP contribution is -2.66. The van der Waals surface area contributed by atoms with Crippen molar-refractivity contribution in [3.63, 3.8) is 0 Å². The molecule has 12 heterocycles. The van der Waals surface area contributed by atoms with Gasteiger partial charge >= 0.3 is 11.9 Å². The molecular formula is C74H74Cl4F4N22O8. The molecule has 12 aromatic rings. The molecule has 112 heavy (non-hydrogen) atoms. The van der Waals surface area contributed by atoms with Crippen molar-refractivity contribution in [1.82, 2.24) is 84.3 Å². The summed E-state index contributed by atoms with van der Waals surface area (Å²) in [4.78, 5) is 59.3. The highest BCUT2D eigenvalue weighted by Gasteiger charge is 2.50. The number of aromatic nitrogens is 16. The number of carbonyl (C=O) groups is 2. The maximum atomic E-state index is 13.2. The Labute approximate surface area is 658 Å². The lowest BCUT2D eigenvalue weighted by atomic mass is 9.78. The molecule has 4 aliphatic heterocycles. The van der Waals surface area contributed by atoms with Crippen molar-refractivity contribution in [1.29, 1.82) is 0 Å². The number of nitrogens with zero attached hydrogens (tertiary/aromatic N) is 17. The monoisotopic (exact) mass is 1610 g/mol. The molecule has 0 atom stereocenters. The summed E-state index contributed by atoms with van der Waals surface area (Å²) in [6.07, 6.45) is 6.42. The zero-order valence-corrected chi connectivity index (χ0v) is 63.8. The van der Waals surface area contributed by atoms with Gasteiger partial charge < -0.3 is 61.1 Å². The largest absolute Gasteiger partial charge is 0.461 e. The number of rotatable bonds is 17. The summed E-state index contributed by atoms with van der Waals surface area (Å²) in [7, 11) is 0. The number of ether oxygens (including phenoxy) is 4. The molecule has 4 saturated heterocycles. The minimum absolute atomic E-state index is 0.137. The number of hydrogen-bond donors (Lipinski definition) is 7. The van der Waals surface area contributed by atoms with E-state index in [0.717, 1.165) is 51.0 Å². The molecule has 30 nitrogen and oxygen atoms in total. The van der Waals surface area contributed by atoms with Crippen molar-refractivity contribution in [2.75, 3.05) is 92.4 Å². The molecule has 0 aliphatic carbocycles. The standard InChI is InChI=1S/C21H23FN6O2.C16H13ClFN5O2.C16H15ClFN5O.C10H8Cl2N4O2.C6H6FN.C5H9NO/c1-20(2,29)16-7-8-28(26-16)19-24-17(23-15-5-3-14(22)4-6-15)9-18(25-19)27-10-21(11-27)12-30-13-21;1-2-25-15(24)12-7-8-23(22-12)16-20-13(17)9-14(21-16)19-11-5-3-10(18)4-6-11;1-16(2,24)12-7-8-23(22-12)15-20-13(17)9-14(21-15)19-11-5-3-10(18)4-6-11;1-2-18-9(17)6-3-4-16(15-6)10-13-7(11)5-8(12)14-10;7-5-1-3-6(8)4-2-5;1-5(2-6-1)3-7-4-5/h3-9,29H,10-13H2,1-2H3,(H,23,24,25);3-9H,2H2,1H3,(H,19,20,21);3-9,24H,1-2H3,(H,19,20,21);3-5H,2H2,1H3;1-4H,8H2;6H,1-4H2. The summed E-state index contributed by atoms with van der Waals surface area (Å²) in [5.41, 5.74) is 7.90. The second-order valence-corrected chi connectivity index (χ2v) is 28.1. The Balaban J connectivity index is 0.000000140. The fraction of sp³-hybridized carbons (Fsp3) is 0.270. The van der Waals surface area contributed by atoms with Gasteiger partial charge in [0.2, 0.25) is 0 Å². The predicted molar refractivity (Wildman–Crippen MR) is 411 cm³/mol. The van der Waals surface area contributed by atoms with E-state index in [1.54, 1.807) is 113 Å². The molecule has 8 aromatic heterocycles. The van der Waals surface area contributed by atoms with Crippen LogP contribution in [0.15, 0.2) is 170 Å². The van der Waals surface area contributed by atoms with Gasteiger partial charge in [0.25, 0.3) is 23.8 Å². The minimum Gasteiger partial charge on any atom is -0.461 e. The van der Waals surface area contributed by atoms with E-state index in [2.05, 4.69) is 81.4 Å². The lowest BCUT2D eigenvalue weighted by molar-refractivity contribution is -0.139. The van der Waals surface area contributed by atoms with Crippen molar-refractivity contribution in [2.45, 2.75) is 52.7 Å². The Kier molecular flexibility index (Phi) is 26.4. The van der Waals surface area contributed by atoms with Gasteiger partial charge in [-0.05, 0) is 163 Å². The molecule has 0 bridgehead atoms. The van der Waals surface area contributed by atoms with Crippen LogP contribution in [0, 0.1) is 34.1 Å². The maximum absolute atomic E-state index is 13.2. The summed E-state index contributed by atoms with van der Waals surface area (Å²) in [6.45, 7) is 18.3. The summed E-state index contributed by atoms with van der Waals surface area (Å²) in [6, 6.07) is 36.2. The quantitative estimate of drug-likeness (QED) is 0.0193. The second kappa shape index (κ2) is 36.2. The van der Waals surface area contributed by atoms with Gasteiger partial charge in [-0.3, -0.25) is 0 Å². The highest BCUT2D eigenvalue weighted by atomic mass is 35.5. The van der Waals surface area contributed by atoms with Crippen LogP contribution in [0.5, 0.6) is 0 Å². The fourth-order valence-electron chi connectivity index (χ4n) is 10.5. The first-order chi connectivity index (χ1) is 53.4. The Morgan fingerprint density at radius 1 is 0.473 bits per heavy atom. The van der Waals surface area contributed by atoms with Crippen molar-refractivity contribution in [3.05, 3.63) is 237 Å². The molecule has 8 N–H and O–H groups in total. The molecule has 16 rings (SSSR count). The van der Waals surface area contributed by atoms with Gasteiger partial charge in [0.05, 0.1) is 56.4 Å². The van der Waals surface area contributed by atoms with Crippen LogP contribution in [0.3, 0.4) is 0 Å². The van der Waals surface area contributed by atoms with Crippen LogP contribution >= 0.6 is 46.4 Å². The van der Waals surface area contributed by atoms with Gasteiger partial charge in [-0.15, -0.1) is 0 Å². The summed E-state index contributed by atoms with van der Waals surface area (Å²) in [5, 5.41) is 50.2. The topological polar surface area (TPSA) is 363 Å². The SMILES string of the molecule is C1NCC12COC2.CC(C)(O)c1ccn(-c2nc(Cl)cc(Nc3ccc(F)cc3)n2)n1.CC(C)(O)c1ccn(-c2nc(Nc3ccc(F)cc3)cc(N3CC4(COC4)C3)n2)n1.CCOC(=O)c1ccn(-c2nc(Cl)cc(Cl)n2)n1.CCOC(=O)c1ccn(-c2nc(Cl)cc(Nc3ccc(F)cc3)n2)n1.Nc1ccc(F)cc1. The van der Waals surface area contributed by atoms with Gasteiger partial charge in [-0.2, -0.15) is 60.3 Å².